The molecule has 0 spiro atoms. The first kappa shape index (κ1) is 17.4. The van der Waals surface area contributed by atoms with Gasteiger partial charge in [0.2, 0.25) is 0 Å². The van der Waals surface area contributed by atoms with Gasteiger partial charge in [0.05, 0.1) is 6.54 Å². The topological polar surface area (TPSA) is 51.7 Å². The zero-order chi connectivity index (χ0) is 17.7. The van der Waals surface area contributed by atoms with Gasteiger partial charge in [-0.05, 0) is 44.0 Å². The van der Waals surface area contributed by atoms with Crippen molar-refractivity contribution in [2.45, 2.75) is 25.4 Å². The van der Waals surface area contributed by atoms with Crippen LogP contribution in [0.5, 0.6) is 5.75 Å². The fourth-order valence-corrected chi connectivity index (χ4v) is 3.14. The second-order valence-corrected chi connectivity index (χ2v) is 6.56. The Morgan fingerprint density at radius 2 is 1.92 bits per heavy atom. The molecule has 25 heavy (non-hydrogen) atoms. The predicted octanol–water partition coefficient (Wildman–Crippen LogP) is 3.09. The summed E-state index contributed by atoms with van der Waals surface area (Å²) in [6.45, 7) is 3.73. The van der Waals surface area contributed by atoms with Gasteiger partial charge in [0.15, 0.2) is 0 Å². The van der Waals surface area contributed by atoms with E-state index in [0.29, 0.717) is 18.7 Å². The van der Waals surface area contributed by atoms with E-state index in [0.717, 1.165) is 25.1 Å². The van der Waals surface area contributed by atoms with Crippen molar-refractivity contribution in [2.75, 3.05) is 26.8 Å². The number of pyridine rings is 1. The Bertz CT molecular complexity index is 703. The SMILES string of the molecule is CO[C@@]1(COc2ccc(C)cc2)CCCN(C(=O)c2ccncc2)C1. The number of ether oxygens (including phenoxy) is 2. The Labute approximate surface area is 148 Å². The minimum atomic E-state index is -0.480. The number of carbonyl (C=O) groups is 1. The number of likely N-dealkylation sites (tertiary alicyclic amines) is 1. The van der Waals surface area contributed by atoms with Crippen LogP contribution in [-0.2, 0) is 4.74 Å². The van der Waals surface area contributed by atoms with Gasteiger partial charge in [-0.15, -0.1) is 0 Å². The average molecular weight is 340 g/mol. The van der Waals surface area contributed by atoms with Crippen molar-refractivity contribution in [3.63, 3.8) is 0 Å². The average Bonchev–Trinajstić information content (AvgIpc) is 2.68. The molecular formula is C20H24N2O3. The highest BCUT2D eigenvalue weighted by Crippen LogP contribution is 2.27. The van der Waals surface area contributed by atoms with Crippen molar-refractivity contribution < 1.29 is 14.3 Å². The number of hydrogen-bond donors (Lipinski definition) is 0. The zero-order valence-electron chi connectivity index (χ0n) is 14.8. The van der Waals surface area contributed by atoms with Crippen molar-refractivity contribution in [2.24, 2.45) is 0 Å². The monoisotopic (exact) mass is 340 g/mol. The van der Waals surface area contributed by atoms with Crippen LogP contribution in [0.2, 0.25) is 0 Å². The first-order valence-corrected chi connectivity index (χ1v) is 8.56. The maximum absolute atomic E-state index is 12.7. The number of benzene rings is 1. The number of nitrogens with zero attached hydrogens (tertiary/aromatic N) is 2. The largest absolute Gasteiger partial charge is 0.491 e. The quantitative estimate of drug-likeness (QED) is 0.839. The van der Waals surface area contributed by atoms with Gasteiger partial charge in [-0.3, -0.25) is 9.78 Å². The fourth-order valence-electron chi connectivity index (χ4n) is 3.14. The Hall–Kier alpha value is -2.40. The molecule has 0 radical (unpaired) electrons. The lowest BCUT2D eigenvalue weighted by Crippen LogP contribution is -2.54. The van der Waals surface area contributed by atoms with E-state index in [9.17, 15) is 4.79 Å². The van der Waals surface area contributed by atoms with Crippen molar-refractivity contribution >= 4 is 5.91 Å². The summed E-state index contributed by atoms with van der Waals surface area (Å²) in [4.78, 5) is 18.5. The van der Waals surface area contributed by atoms with Gasteiger partial charge >= 0.3 is 0 Å². The number of piperidine rings is 1. The van der Waals surface area contributed by atoms with Gasteiger partial charge in [0.1, 0.15) is 18.0 Å². The molecular weight excluding hydrogens is 316 g/mol. The normalized spacial score (nSPS) is 20.3. The number of aromatic nitrogens is 1. The van der Waals surface area contributed by atoms with Crippen molar-refractivity contribution in [1.82, 2.24) is 9.88 Å². The van der Waals surface area contributed by atoms with Crippen LogP contribution in [0, 0.1) is 6.92 Å². The molecule has 1 fully saturated rings. The maximum atomic E-state index is 12.7. The summed E-state index contributed by atoms with van der Waals surface area (Å²) < 4.78 is 11.8. The second kappa shape index (κ2) is 7.66. The molecule has 1 aliphatic heterocycles. The third-order valence-corrected chi connectivity index (χ3v) is 4.71. The van der Waals surface area contributed by atoms with Gasteiger partial charge in [-0.25, -0.2) is 0 Å². The van der Waals surface area contributed by atoms with E-state index in [1.165, 1.54) is 5.56 Å². The van der Waals surface area contributed by atoms with E-state index in [4.69, 9.17) is 9.47 Å². The molecule has 0 bridgehead atoms. The first-order valence-electron chi connectivity index (χ1n) is 8.56. The molecule has 2 heterocycles. The second-order valence-electron chi connectivity index (χ2n) is 6.56. The molecule has 5 nitrogen and oxygen atoms in total. The van der Waals surface area contributed by atoms with Gasteiger partial charge in [-0.2, -0.15) is 0 Å². The van der Waals surface area contributed by atoms with Crippen LogP contribution in [0.25, 0.3) is 0 Å². The highest BCUT2D eigenvalue weighted by molar-refractivity contribution is 5.94. The summed E-state index contributed by atoms with van der Waals surface area (Å²) in [6, 6.07) is 11.5. The molecule has 1 atom stereocenters. The smallest absolute Gasteiger partial charge is 0.254 e. The van der Waals surface area contributed by atoms with E-state index in [2.05, 4.69) is 4.98 Å². The van der Waals surface area contributed by atoms with Crippen LogP contribution < -0.4 is 4.74 Å². The number of methoxy groups -OCH3 is 1. The van der Waals surface area contributed by atoms with Gasteiger partial charge in [0, 0.05) is 31.6 Å². The molecule has 1 amide bonds. The lowest BCUT2D eigenvalue weighted by atomic mass is 9.93. The lowest BCUT2D eigenvalue weighted by Gasteiger charge is -2.41. The molecule has 5 heteroatoms. The molecule has 1 aromatic heterocycles. The number of hydrogen-bond acceptors (Lipinski definition) is 4. The molecule has 0 saturated carbocycles. The Balaban J connectivity index is 1.68. The van der Waals surface area contributed by atoms with Crippen LogP contribution >= 0.6 is 0 Å². The van der Waals surface area contributed by atoms with Crippen LogP contribution in [0.4, 0.5) is 0 Å². The number of aryl methyl sites for hydroxylation is 1. The predicted molar refractivity (Wildman–Crippen MR) is 95.8 cm³/mol. The first-order chi connectivity index (χ1) is 12.1. The number of carbonyl (C=O) groups excluding carboxylic acids is 1. The molecule has 132 valence electrons. The summed E-state index contributed by atoms with van der Waals surface area (Å²) >= 11 is 0. The minimum Gasteiger partial charge on any atom is -0.491 e. The fraction of sp³-hybridized carbons (Fsp3) is 0.400. The molecule has 0 aliphatic carbocycles. The van der Waals surface area contributed by atoms with Crippen LogP contribution in [0.1, 0.15) is 28.8 Å². The summed E-state index contributed by atoms with van der Waals surface area (Å²) in [6.07, 6.45) is 5.04. The maximum Gasteiger partial charge on any atom is 0.254 e. The van der Waals surface area contributed by atoms with E-state index in [1.807, 2.05) is 36.1 Å². The minimum absolute atomic E-state index is 0.0128. The lowest BCUT2D eigenvalue weighted by molar-refractivity contribution is -0.0824. The van der Waals surface area contributed by atoms with Crippen LogP contribution in [-0.4, -0.2) is 48.2 Å². The highest BCUT2D eigenvalue weighted by Gasteiger charge is 2.38. The molecule has 0 unspecified atom stereocenters. The molecule has 0 N–H and O–H groups in total. The number of rotatable bonds is 5. The third-order valence-electron chi connectivity index (χ3n) is 4.71. The zero-order valence-corrected chi connectivity index (χ0v) is 14.8. The van der Waals surface area contributed by atoms with Crippen molar-refractivity contribution in [3.05, 3.63) is 59.9 Å². The van der Waals surface area contributed by atoms with E-state index >= 15 is 0 Å². The van der Waals surface area contributed by atoms with Gasteiger partial charge < -0.3 is 14.4 Å². The van der Waals surface area contributed by atoms with Crippen molar-refractivity contribution in [3.8, 4) is 5.75 Å². The van der Waals surface area contributed by atoms with Gasteiger partial charge in [0.25, 0.3) is 5.91 Å². The summed E-state index contributed by atoms with van der Waals surface area (Å²) in [5, 5.41) is 0. The molecule has 2 aromatic rings. The Morgan fingerprint density at radius 1 is 1.20 bits per heavy atom. The van der Waals surface area contributed by atoms with Crippen molar-refractivity contribution in [1.29, 1.82) is 0 Å². The van der Waals surface area contributed by atoms with E-state index in [-0.39, 0.29) is 5.91 Å². The standard InChI is InChI=1S/C20H24N2O3/c1-16-4-6-18(7-5-16)25-15-20(24-2)10-3-13-22(14-20)19(23)17-8-11-21-12-9-17/h4-9,11-12H,3,10,13-15H2,1-2H3/t20-/m0/s1. The van der Waals surface area contributed by atoms with Crippen LogP contribution in [0.15, 0.2) is 48.8 Å². The molecule has 1 aliphatic rings. The summed E-state index contributed by atoms with van der Waals surface area (Å²) in [5.74, 6) is 0.832. The van der Waals surface area contributed by atoms with E-state index in [1.54, 1.807) is 31.6 Å². The molecule has 1 aromatic carbocycles. The molecule has 3 rings (SSSR count). The molecule has 1 saturated heterocycles. The highest BCUT2D eigenvalue weighted by atomic mass is 16.5. The Kier molecular flexibility index (Phi) is 5.34. The summed E-state index contributed by atoms with van der Waals surface area (Å²) in [5.41, 5.74) is 1.37. The Morgan fingerprint density at radius 3 is 2.60 bits per heavy atom. The van der Waals surface area contributed by atoms with Crippen LogP contribution in [0.3, 0.4) is 0 Å². The summed E-state index contributed by atoms with van der Waals surface area (Å²) in [7, 11) is 1.69. The van der Waals surface area contributed by atoms with E-state index < -0.39 is 5.60 Å². The third kappa shape index (κ3) is 4.17. The number of amides is 1. The van der Waals surface area contributed by atoms with Gasteiger partial charge in [-0.1, -0.05) is 17.7 Å².